The molecule has 0 fully saturated rings. The third-order valence-electron chi connectivity index (χ3n) is 1.75. The van der Waals surface area contributed by atoms with E-state index in [2.05, 4.69) is 5.32 Å². The van der Waals surface area contributed by atoms with Gasteiger partial charge in [-0.1, -0.05) is 20.8 Å². The summed E-state index contributed by atoms with van der Waals surface area (Å²) in [6, 6.07) is -0.690. The maximum Gasteiger partial charge on any atom is 0.320 e. The highest BCUT2D eigenvalue weighted by atomic mass is 16.4. The SMILES string of the molecule is CC(C)CC(N)C(=O)O.CCCNCC(=O)O. The molecule has 0 aromatic heterocycles. The number of aliphatic carboxylic acids is 2. The van der Waals surface area contributed by atoms with Crippen molar-refractivity contribution in [3.8, 4) is 0 Å². The normalized spacial score (nSPS) is 11.6. The third kappa shape index (κ3) is 17.5. The van der Waals surface area contributed by atoms with Gasteiger partial charge in [-0.05, 0) is 25.3 Å². The largest absolute Gasteiger partial charge is 0.480 e. The summed E-state index contributed by atoms with van der Waals surface area (Å²) < 4.78 is 0. The summed E-state index contributed by atoms with van der Waals surface area (Å²) in [7, 11) is 0. The first-order valence-corrected chi connectivity index (χ1v) is 5.72. The molecule has 6 nitrogen and oxygen atoms in total. The van der Waals surface area contributed by atoms with Crippen molar-refractivity contribution < 1.29 is 19.8 Å². The number of hydrogen-bond donors (Lipinski definition) is 4. The Labute approximate surface area is 102 Å². The molecule has 0 radical (unpaired) electrons. The Balaban J connectivity index is 0. The van der Waals surface area contributed by atoms with Crippen molar-refractivity contribution in [2.75, 3.05) is 13.1 Å². The molecule has 5 N–H and O–H groups in total. The monoisotopic (exact) mass is 248 g/mol. The van der Waals surface area contributed by atoms with Crippen LogP contribution in [0, 0.1) is 5.92 Å². The number of carbonyl (C=O) groups is 2. The average Bonchev–Trinajstić information content (AvgIpc) is 2.17. The van der Waals surface area contributed by atoms with Crippen molar-refractivity contribution in [3.63, 3.8) is 0 Å². The van der Waals surface area contributed by atoms with Crippen LogP contribution < -0.4 is 11.1 Å². The molecule has 0 amide bonds. The van der Waals surface area contributed by atoms with Gasteiger partial charge >= 0.3 is 11.9 Å². The molecule has 17 heavy (non-hydrogen) atoms. The number of nitrogens with one attached hydrogen (secondary N) is 1. The van der Waals surface area contributed by atoms with Crippen LogP contribution in [0.15, 0.2) is 0 Å². The van der Waals surface area contributed by atoms with Crippen molar-refractivity contribution in [3.05, 3.63) is 0 Å². The van der Waals surface area contributed by atoms with Gasteiger partial charge in [-0.3, -0.25) is 9.59 Å². The van der Waals surface area contributed by atoms with Gasteiger partial charge < -0.3 is 21.3 Å². The van der Waals surface area contributed by atoms with E-state index in [0.29, 0.717) is 12.3 Å². The molecular weight excluding hydrogens is 224 g/mol. The minimum Gasteiger partial charge on any atom is -0.480 e. The Bertz CT molecular complexity index is 220. The molecule has 0 aliphatic carbocycles. The van der Waals surface area contributed by atoms with Crippen molar-refractivity contribution in [1.82, 2.24) is 5.32 Å². The number of rotatable bonds is 7. The van der Waals surface area contributed by atoms with Gasteiger partial charge in [-0.15, -0.1) is 0 Å². The van der Waals surface area contributed by atoms with Crippen molar-refractivity contribution in [1.29, 1.82) is 0 Å². The minimum absolute atomic E-state index is 0.0772. The van der Waals surface area contributed by atoms with Crippen molar-refractivity contribution in [2.24, 2.45) is 11.7 Å². The predicted octanol–water partition coefficient (Wildman–Crippen LogP) is 0.515. The van der Waals surface area contributed by atoms with Gasteiger partial charge in [0.25, 0.3) is 0 Å². The molecule has 0 spiro atoms. The minimum atomic E-state index is -0.913. The van der Waals surface area contributed by atoms with Gasteiger partial charge in [-0.25, -0.2) is 0 Å². The second-order valence-electron chi connectivity index (χ2n) is 4.14. The Morgan fingerprint density at radius 1 is 1.29 bits per heavy atom. The number of nitrogens with two attached hydrogens (primary N) is 1. The van der Waals surface area contributed by atoms with Gasteiger partial charge in [0, 0.05) is 0 Å². The molecule has 6 heteroatoms. The van der Waals surface area contributed by atoms with Gasteiger partial charge in [0.15, 0.2) is 0 Å². The Morgan fingerprint density at radius 2 is 1.82 bits per heavy atom. The zero-order chi connectivity index (χ0) is 13.8. The highest BCUT2D eigenvalue weighted by molar-refractivity contribution is 5.72. The first-order valence-electron chi connectivity index (χ1n) is 5.72. The number of hydrogen-bond acceptors (Lipinski definition) is 4. The Hall–Kier alpha value is -1.14. The second-order valence-corrected chi connectivity index (χ2v) is 4.14. The van der Waals surface area contributed by atoms with Crippen LogP contribution in [0.25, 0.3) is 0 Å². The highest BCUT2D eigenvalue weighted by Crippen LogP contribution is 2.01. The molecule has 0 bridgehead atoms. The molecule has 0 saturated heterocycles. The summed E-state index contributed by atoms with van der Waals surface area (Å²) in [4.78, 5) is 19.9. The smallest absolute Gasteiger partial charge is 0.320 e. The molecule has 1 unspecified atom stereocenters. The summed E-state index contributed by atoms with van der Waals surface area (Å²) in [6.07, 6.45) is 1.53. The first kappa shape index (κ1) is 18.2. The van der Waals surface area contributed by atoms with Crippen LogP contribution in [0.4, 0.5) is 0 Å². The molecule has 0 aromatic rings. The highest BCUT2D eigenvalue weighted by Gasteiger charge is 2.11. The fraction of sp³-hybridized carbons (Fsp3) is 0.818. The topological polar surface area (TPSA) is 113 Å². The molecule has 0 aromatic carbocycles. The zero-order valence-corrected chi connectivity index (χ0v) is 10.8. The van der Waals surface area contributed by atoms with E-state index in [0.717, 1.165) is 13.0 Å². The molecule has 0 aliphatic heterocycles. The van der Waals surface area contributed by atoms with E-state index in [1.807, 2.05) is 20.8 Å². The van der Waals surface area contributed by atoms with Crippen LogP contribution in [0.2, 0.25) is 0 Å². The standard InChI is InChI=1S/C6H13NO2.C5H11NO2/c1-4(2)3-5(7)6(8)9;1-2-3-6-4-5(7)8/h4-5H,3,7H2,1-2H3,(H,8,9);6H,2-4H2,1H3,(H,7,8). The van der Waals surface area contributed by atoms with Gasteiger partial charge in [-0.2, -0.15) is 0 Å². The lowest BCUT2D eigenvalue weighted by molar-refractivity contribution is -0.139. The van der Waals surface area contributed by atoms with Crippen LogP contribution in [0.1, 0.15) is 33.6 Å². The van der Waals surface area contributed by atoms with Gasteiger partial charge in [0.2, 0.25) is 0 Å². The summed E-state index contributed by atoms with van der Waals surface area (Å²) in [6.45, 7) is 6.75. The van der Waals surface area contributed by atoms with E-state index in [9.17, 15) is 9.59 Å². The lowest BCUT2D eigenvalue weighted by atomic mass is 10.1. The van der Waals surface area contributed by atoms with E-state index in [1.165, 1.54) is 0 Å². The fourth-order valence-electron chi connectivity index (χ4n) is 0.981. The van der Waals surface area contributed by atoms with Crippen LogP contribution in [-0.2, 0) is 9.59 Å². The first-order chi connectivity index (χ1) is 7.81. The summed E-state index contributed by atoms with van der Waals surface area (Å²) in [5, 5.41) is 19.1. The molecule has 102 valence electrons. The number of carboxylic acids is 2. The maximum absolute atomic E-state index is 10.1. The van der Waals surface area contributed by atoms with Crippen molar-refractivity contribution >= 4 is 11.9 Å². The molecule has 0 rings (SSSR count). The third-order valence-corrected chi connectivity index (χ3v) is 1.75. The fourth-order valence-corrected chi connectivity index (χ4v) is 0.981. The zero-order valence-electron chi connectivity index (χ0n) is 10.8. The average molecular weight is 248 g/mol. The van der Waals surface area contributed by atoms with E-state index in [1.54, 1.807) is 0 Å². The molecular formula is C11H24N2O4. The molecule has 0 saturated carbocycles. The Morgan fingerprint density at radius 3 is 2.06 bits per heavy atom. The molecule has 0 aliphatic rings. The summed E-state index contributed by atoms with van der Waals surface area (Å²) in [5.74, 6) is -1.35. The lowest BCUT2D eigenvalue weighted by Gasteiger charge is -2.07. The Kier molecular flexibility index (Phi) is 12.2. The van der Waals surface area contributed by atoms with Gasteiger partial charge in [0.05, 0.1) is 6.54 Å². The van der Waals surface area contributed by atoms with Crippen LogP contribution in [-0.4, -0.2) is 41.3 Å². The van der Waals surface area contributed by atoms with Gasteiger partial charge in [0.1, 0.15) is 6.04 Å². The summed E-state index contributed by atoms with van der Waals surface area (Å²) >= 11 is 0. The van der Waals surface area contributed by atoms with Crippen LogP contribution in [0.3, 0.4) is 0 Å². The molecule has 1 atom stereocenters. The van der Waals surface area contributed by atoms with E-state index < -0.39 is 18.0 Å². The lowest BCUT2D eigenvalue weighted by Crippen LogP contribution is -2.31. The van der Waals surface area contributed by atoms with Crippen LogP contribution >= 0.6 is 0 Å². The second kappa shape index (κ2) is 11.3. The van der Waals surface area contributed by atoms with E-state index >= 15 is 0 Å². The quantitative estimate of drug-likeness (QED) is 0.488. The van der Waals surface area contributed by atoms with E-state index in [-0.39, 0.29) is 6.54 Å². The summed E-state index contributed by atoms with van der Waals surface area (Å²) in [5.41, 5.74) is 5.22. The maximum atomic E-state index is 10.1. The van der Waals surface area contributed by atoms with E-state index in [4.69, 9.17) is 15.9 Å². The van der Waals surface area contributed by atoms with Crippen LogP contribution in [0.5, 0.6) is 0 Å². The number of carboxylic acid groups (broad SMARTS) is 2. The molecule has 0 heterocycles. The van der Waals surface area contributed by atoms with Crippen molar-refractivity contribution in [2.45, 2.75) is 39.7 Å². The predicted molar refractivity (Wildman–Crippen MR) is 65.9 cm³/mol.